The fourth-order valence-corrected chi connectivity index (χ4v) is 5.23. The lowest BCUT2D eigenvalue weighted by atomic mass is 9.77. The molecule has 0 radical (unpaired) electrons. The van der Waals surface area contributed by atoms with E-state index < -0.39 is 69.9 Å². The van der Waals surface area contributed by atoms with Crippen molar-refractivity contribution < 1.29 is 58.1 Å². The van der Waals surface area contributed by atoms with Crippen molar-refractivity contribution in [3.8, 4) is 17.2 Å². The summed E-state index contributed by atoms with van der Waals surface area (Å²) in [4.78, 5) is 0. The van der Waals surface area contributed by atoms with E-state index in [0.717, 1.165) is 50.7 Å². The molecular weight excluding hydrogens is 610 g/mol. The maximum Gasteiger partial charge on any atom is 0.429 e. The van der Waals surface area contributed by atoms with Crippen molar-refractivity contribution in [2.75, 3.05) is 0 Å². The number of hydrogen-bond donors (Lipinski definition) is 0. The molecule has 3 aromatic rings. The van der Waals surface area contributed by atoms with Crippen molar-refractivity contribution in [1.29, 1.82) is 0 Å². The van der Waals surface area contributed by atoms with Gasteiger partial charge in [-0.05, 0) is 67.3 Å². The Labute approximate surface area is 246 Å². The maximum absolute atomic E-state index is 14.9. The van der Waals surface area contributed by atoms with Crippen molar-refractivity contribution >= 4 is 0 Å². The summed E-state index contributed by atoms with van der Waals surface area (Å²) in [6, 6.07) is 4.65. The van der Waals surface area contributed by atoms with Crippen LogP contribution in [0.4, 0.5) is 43.9 Å². The van der Waals surface area contributed by atoms with Crippen LogP contribution in [-0.4, -0.2) is 0 Å². The Morgan fingerprint density at radius 2 is 1.25 bits per heavy atom. The van der Waals surface area contributed by atoms with Gasteiger partial charge in [-0.2, -0.15) is 26.3 Å². The molecule has 1 aliphatic carbocycles. The van der Waals surface area contributed by atoms with Crippen LogP contribution in [0, 0.1) is 29.2 Å². The normalized spacial score (nSPS) is 17.2. The van der Waals surface area contributed by atoms with Crippen molar-refractivity contribution in [2.24, 2.45) is 5.92 Å². The average molecular weight is 637 g/mol. The third kappa shape index (κ3) is 7.78. The van der Waals surface area contributed by atoms with Crippen LogP contribution in [0.5, 0.6) is 17.2 Å². The molecule has 3 nitrogen and oxygen atoms in total. The summed E-state index contributed by atoms with van der Waals surface area (Å²) in [5, 5.41) is 0. The number of benzene rings is 3. The zero-order valence-electron chi connectivity index (χ0n) is 23.1. The van der Waals surface area contributed by atoms with Crippen molar-refractivity contribution in [2.45, 2.75) is 63.6 Å². The van der Waals surface area contributed by atoms with Crippen LogP contribution >= 0.6 is 0 Å². The highest BCUT2D eigenvalue weighted by molar-refractivity contribution is 5.37. The smallest absolute Gasteiger partial charge is 0.429 e. The first kappa shape index (κ1) is 33.0. The van der Waals surface area contributed by atoms with Gasteiger partial charge in [0.15, 0.2) is 23.6 Å². The molecule has 0 amide bonds. The summed E-state index contributed by atoms with van der Waals surface area (Å²) < 4.78 is 154. The average Bonchev–Trinajstić information content (AvgIpc) is 2.92. The standard InChI is InChI=1S/C31H26F10O3/c1-2-3-17-4-6-18(7-5-17)19-8-10-22(24(32)12-19)30(38,39)43-20-9-11-23(25(33)13-20)31(40,41)44-21-14-26(34)29(27(35)15-21)42-16-28(36)37/h8-18H,2-7H2,1H3. The van der Waals surface area contributed by atoms with E-state index in [4.69, 9.17) is 0 Å². The third-order valence-corrected chi connectivity index (χ3v) is 7.31. The minimum atomic E-state index is -4.60. The van der Waals surface area contributed by atoms with E-state index >= 15 is 0 Å². The molecule has 1 fully saturated rings. The van der Waals surface area contributed by atoms with Gasteiger partial charge in [-0.1, -0.05) is 25.8 Å². The second kappa shape index (κ2) is 13.4. The van der Waals surface area contributed by atoms with Crippen LogP contribution in [0.1, 0.15) is 68.1 Å². The Morgan fingerprint density at radius 3 is 1.77 bits per heavy atom. The van der Waals surface area contributed by atoms with Gasteiger partial charge < -0.3 is 14.2 Å². The van der Waals surface area contributed by atoms with Gasteiger partial charge in [-0.15, -0.1) is 0 Å². The van der Waals surface area contributed by atoms with Gasteiger partial charge in [0.05, 0.1) is 5.56 Å². The lowest BCUT2D eigenvalue weighted by molar-refractivity contribution is -0.189. The van der Waals surface area contributed by atoms with Crippen molar-refractivity contribution in [3.05, 3.63) is 101 Å². The summed E-state index contributed by atoms with van der Waals surface area (Å²) in [6.45, 7) is 2.10. The number of rotatable bonds is 11. The molecule has 3 aromatic carbocycles. The van der Waals surface area contributed by atoms with Gasteiger partial charge in [0, 0.05) is 18.2 Å². The van der Waals surface area contributed by atoms with E-state index in [1.54, 1.807) is 0 Å². The van der Waals surface area contributed by atoms with E-state index in [9.17, 15) is 43.9 Å². The molecule has 238 valence electrons. The Hall–Kier alpha value is -3.90. The monoisotopic (exact) mass is 636 g/mol. The molecule has 0 unspecified atom stereocenters. The van der Waals surface area contributed by atoms with Crippen LogP contribution in [0.2, 0.25) is 0 Å². The fraction of sp³-hybridized carbons (Fsp3) is 0.355. The summed E-state index contributed by atoms with van der Waals surface area (Å²) in [5.74, 6) is -9.29. The zero-order valence-corrected chi connectivity index (χ0v) is 23.1. The van der Waals surface area contributed by atoms with Gasteiger partial charge in [0.1, 0.15) is 28.7 Å². The zero-order chi connectivity index (χ0) is 32.2. The van der Waals surface area contributed by atoms with E-state index in [1.807, 2.05) is 0 Å². The molecule has 0 aliphatic heterocycles. The number of alkyl halides is 4. The minimum Gasteiger partial charge on any atom is -0.453 e. The molecular formula is C31H26F10O3. The van der Waals surface area contributed by atoms with Crippen LogP contribution in [-0.2, 0) is 12.2 Å². The van der Waals surface area contributed by atoms with Crippen molar-refractivity contribution in [3.63, 3.8) is 0 Å². The first-order valence-electron chi connectivity index (χ1n) is 13.6. The van der Waals surface area contributed by atoms with Gasteiger partial charge in [0.25, 0.3) is 0 Å². The molecule has 0 atom stereocenters. The summed E-state index contributed by atoms with van der Waals surface area (Å²) in [7, 11) is 0. The van der Waals surface area contributed by atoms with E-state index in [1.165, 1.54) is 6.07 Å². The number of halogens is 10. The molecule has 4 rings (SSSR count). The highest BCUT2D eigenvalue weighted by atomic mass is 19.3. The molecule has 1 saturated carbocycles. The molecule has 44 heavy (non-hydrogen) atoms. The molecule has 0 saturated heterocycles. The summed E-state index contributed by atoms with van der Waals surface area (Å²) in [5.41, 5.74) is -2.09. The molecule has 0 spiro atoms. The highest BCUT2D eigenvalue weighted by Gasteiger charge is 2.41. The summed E-state index contributed by atoms with van der Waals surface area (Å²) >= 11 is 0. The van der Waals surface area contributed by atoms with Crippen LogP contribution in [0.15, 0.2) is 60.9 Å². The Kier molecular flexibility index (Phi) is 10.0. The Balaban J connectivity index is 1.46. The lowest BCUT2D eigenvalue weighted by Crippen LogP contribution is -2.25. The van der Waals surface area contributed by atoms with Crippen molar-refractivity contribution in [1.82, 2.24) is 0 Å². The topological polar surface area (TPSA) is 27.7 Å². The SMILES string of the molecule is CCCC1CCC(c2ccc(C(F)(F)Oc3ccc(C(F)(F)Oc4cc(F)c(OC=C(F)F)c(F)c4)c(F)c3)c(F)c2)CC1. The second-order valence-corrected chi connectivity index (χ2v) is 10.4. The first-order chi connectivity index (χ1) is 20.7. The van der Waals surface area contributed by atoms with Gasteiger partial charge in [-0.25, -0.2) is 17.6 Å². The lowest BCUT2D eigenvalue weighted by Gasteiger charge is -2.29. The molecule has 13 heteroatoms. The van der Waals surface area contributed by atoms with E-state index in [0.29, 0.717) is 23.6 Å². The predicted molar refractivity (Wildman–Crippen MR) is 139 cm³/mol. The minimum absolute atomic E-state index is 0.0223. The largest absolute Gasteiger partial charge is 0.453 e. The molecule has 0 heterocycles. The van der Waals surface area contributed by atoms with Gasteiger partial charge in [0.2, 0.25) is 0 Å². The molecule has 0 bridgehead atoms. The maximum atomic E-state index is 14.9. The molecule has 0 aromatic heterocycles. The fourth-order valence-electron chi connectivity index (χ4n) is 5.23. The van der Waals surface area contributed by atoms with E-state index in [2.05, 4.69) is 21.1 Å². The Bertz CT molecular complexity index is 1470. The molecule has 1 aliphatic rings. The van der Waals surface area contributed by atoms with Crippen LogP contribution in [0.25, 0.3) is 0 Å². The van der Waals surface area contributed by atoms with E-state index in [-0.39, 0.29) is 30.4 Å². The van der Waals surface area contributed by atoms with Gasteiger partial charge >= 0.3 is 18.3 Å². The van der Waals surface area contributed by atoms with Gasteiger partial charge in [-0.3, -0.25) is 0 Å². The first-order valence-corrected chi connectivity index (χ1v) is 13.6. The Morgan fingerprint density at radius 1 is 0.727 bits per heavy atom. The molecule has 0 N–H and O–H groups in total. The van der Waals surface area contributed by atoms with Crippen LogP contribution < -0.4 is 14.2 Å². The highest BCUT2D eigenvalue weighted by Crippen LogP contribution is 2.41. The number of ether oxygens (including phenoxy) is 3. The third-order valence-electron chi connectivity index (χ3n) is 7.31. The predicted octanol–water partition coefficient (Wildman–Crippen LogP) is 10.7. The number of hydrogen-bond acceptors (Lipinski definition) is 3. The quantitative estimate of drug-likeness (QED) is 0.155. The second-order valence-electron chi connectivity index (χ2n) is 10.4. The summed E-state index contributed by atoms with van der Waals surface area (Å²) in [6.07, 6.45) is -5.94. The van der Waals surface area contributed by atoms with Crippen LogP contribution in [0.3, 0.4) is 0 Å².